The molecule has 0 aliphatic heterocycles. The maximum Gasteiger partial charge on any atom is 0.240 e. The fourth-order valence-corrected chi connectivity index (χ4v) is 3.09. The molecule has 0 saturated heterocycles. The molecule has 0 spiro atoms. The van der Waals surface area contributed by atoms with Crippen LogP contribution in [-0.2, 0) is 5.75 Å². The van der Waals surface area contributed by atoms with Gasteiger partial charge in [-0.3, -0.25) is 0 Å². The second kappa shape index (κ2) is 8.93. The van der Waals surface area contributed by atoms with Crippen LogP contribution in [0.2, 0.25) is 10.0 Å². The first-order valence-corrected chi connectivity index (χ1v) is 9.30. The third-order valence-corrected chi connectivity index (χ3v) is 4.95. The lowest BCUT2D eigenvalue weighted by Gasteiger charge is -2.01. The zero-order valence-corrected chi connectivity index (χ0v) is 16.1. The number of hydrazone groups is 1. The van der Waals surface area contributed by atoms with E-state index < -0.39 is 0 Å². The summed E-state index contributed by atoms with van der Waals surface area (Å²) in [6.45, 7) is 0. The van der Waals surface area contributed by atoms with Crippen molar-refractivity contribution in [3.8, 4) is 5.75 Å². The lowest BCUT2D eigenvalue weighted by molar-refractivity contribution is 0.415. The van der Waals surface area contributed by atoms with Crippen LogP contribution >= 0.6 is 35.0 Å². The van der Waals surface area contributed by atoms with Crippen LogP contribution in [0, 0.1) is 0 Å². The highest BCUT2D eigenvalue weighted by molar-refractivity contribution is 7.98. The van der Waals surface area contributed by atoms with E-state index in [1.54, 1.807) is 19.4 Å². The third-order valence-electron chi connectivity index (χ3n) is 3.29. The van der Waals surface area contributed by atoms with Crippen molar-refractivity contribution in [2.45, 2.75) is 10.9 Å². The van der Waals surface area contributed by atoms with E-state index in [1.807, 2.05) is 36.4 Å². The normalized spacial score (nSPS) is 11.0. The highest BCUT2D eigenvalue weighted by Gasteiger charge is 2.05. The second-order valence-corrected chi connectivity index (χ2v) is 6.91. The molecule has 2 N–H and O–H groups in total. The van der Waals surface area contributed by atoms with Gasteiger partial charge >= 0.3 is 0 Å². The Hall–Kier alpha value is -2.22. The molecule has 1 heterocycles. The first-order valence-electron chi connectivity index (χ1n) is 7.56. The number of halogens is 2. The van der Waals surface area contributed by atoms with E-state index in [4.69, 9.17) is 27.9 Å². The number of hydrogen-bond donors (Lipinski definition) is 2. The number of aromatic nitrogens is 3. The summed E-state index contributed by atoms with van der Waals surface area (Å²) in [6, 6.07) is 13.1. The molecule has 0 fully saturated rings. The molecular weight excluding hydrogens is 393 g/mol. The van der Waals surface area contributed by atoms with Crippen LogP contribution in [0.3, 0.4) is 0 Å². The number of methoxy groups -OCH3 is 1. The van der Waals surface area contributed by atoms with Gasteiger partial charge in [0, 0.05) is 5.75 Å². The lowest BCUT2D eigenvalue weighted by atomic mass is 10.2. The Morgan fingerprint density at radius 1 is 1.23 bits per heavy atom. The number of thioether (sulfide) groups is 1. The number of hydrogen-bond acceptors (Lipinski definition) is 6. The van der Waals surface area contributed by atoms with Crippen LogP contribution in [0.4, 0.5) is 5.95 Å². The van der Waals surface area contributed by atoms with Crippen molar-refractivity contribution >= 4 is 47.1 Å². The standard InChI is InChI=1S/C17H15Cl2N5OS/c1-25-13-4-2-3-11(7-13)9-20-22-16-21-17(24-23-16)26-10-12-5-6-14(18)15(19)8-12/h2-9H,10H2,1H3,(H2,21,22,23,24)/b20-9-. The molecule has 1 aromatic heterocycles. The third kappa shape index (κ3) is 5.14. The van der Waals surface area contributed by atoms with Crippen molar-refractivity contribution < 1.29 is 4.74 Å². The van der Waals surface area contributed by atoms with Crippen molar-refractivity contribution in [3.05, 3.63) is 63.6 Å². The fraction of sp³-hybridized carbons (Fsp3) is 0.118. The predicted octanol–water partition coefficient (Wildman–Crippen LogP) is 4.86. The Bertz CT molecular complexity index is 916. The van der Waals surface area contributed by atoms with E-state index >= 15 is 0 Å². The first-order chi connectivity index (χ1) is 12.6. The molecule has 0 unspecified atom stereocenters. The molecule has 0 aliphatic carbocycles. The largest absolute Gasteiger partial charge is 0.497 e. The van der Waals surface area contributed by atoms with Gasteiger partial charge in [-0.1, -0.05) is 53.2 Å². The van der Waals surface area contributed by atoms with E-state index in [0.717, 1.165) is 16.9 Å². The molecule has 0 saturated carbocycles. The Balaban J connectivity index is 1.54. The molecule has 0 radical (unpaired) electrons. The topological polar surface area (TPSA) is 75.2 Å². The first kappa shape index (κ1) is 18.6. The van der Waals surface area contributed by atoms with E-state index in [-0.39, 0.29) is 0 Å². The minimum Gasteiger partial charge on any atom is -0.497 e. The van der Waals surface area contributed by atoms with Crippen LogP contribution in [0.5, 0.6) is 5.75 Å². The summed E-state index contributed by atoms with van der Waals surface area (Å²) >= 11 is 13.4. The molecule has 3 aromatic rings. The summed E-state index contributed by atoms with van der Waals surface area (Å²) in [7, 11) is 1.63. The quantitative estimate of drug-likeness (QED) is 0.332. The number of nitrogens with one attached hydrogen (secondary N) is 2. The van der Waals surface area contributed by atoms with Crippen LogP contribution < -0.4 is 10.2 Å². The van der Waals surface area contributed by atoms with Gasteiger partial charge in [0.15, 0.2) is 0 Å². The van der Waals surface area contributed by atoms with Gasteiger partial charge in [0.1, 0.15) is 5.75 Å². The molecule has 3 rings (SSSR count). The summed E-state index contributed by atoms with van der Waals surface area (Å²) in [5, 5.41) is 12.7. The number of H-pyrrole nitrogens is 1. The number of rotatable bonds is 7. The molecule has 0 aliphatic rings. The van der Waals surface area contributed by atoms with Gasteiger partial charge in [-0.05, 0) is 35.4 Å². The summed E-state index contributed by atoms with van der Waals surface area (Å²) in [6.07, 6.45) is 1.67. The average molecular weight is 408 g/mol. The monoisotopic (exact) mass is 407 g/mol. The Morgan fingerprint density at radius 2 is 2.12 bits per heavy atom. The van der Waals surface area contributed by atoms with Crippen molar-refractivity contribution in [3.63, 3.8) is 0 Å². The van der Waals surface area contributed by atoms with Crippen molar-refractivity contribution in [2.24, 2.45) is 5.10 Å². The van der Waals surface area contributed by atoms with Gasteiger partial charge in [0.2, 0.25) is 11.1 Å². The maximum atomic E-state index is 6.01. The van der Waals surface area contributed by atoms with Crippen molar-refractivity contribution in [1.29, 1.82) is 0 Å². The highest BCUT2D eigenvalue weighted by Crippen LogP contribution is 2.26. The molecule has 134 valence electrons. The molecule has 0 bridgehead atoms. The summed E-state index contributed by atoms with van der Waals surface area (Å²) in [5.41, 5.74) is 4.76. The maximum absolute atomic E-state index is 6.01. The zero-order valence-electron chi connectivity index (χ0n) is 13.7. The highest BCUT2D eigenvalue weighted by atomic mass is 35.5. The van der Waals surface area contributed by atoms with Gasteiger partial charge in [-0.15, -0.1) is 5.10 Å². The number of benzene rings is 2. The van der Waals surface area contributed by atoms with Gasteiger partial charge in [0.05, 0.1) is 23.4 Å². The van der Waals surface area contributed by atoms with E-state index in [2.05, 4.69) is 25.7 Å². The molecule has 9 heteroatoms. The molecule has 0 atom stereocenters. The van der Waals surface area contributed by atoms with Crippen molar-refractivity contribution in [2.75, 3.05) is 12.5 Å². The van der Waals surface area contributed by atoms with Gasteiger partial charge < -0.3 is 4.74 Å². The van der Waals surface area contributed by atoms with Crippen LogP contribution in [0.1, 0.15) is 11.1 Å². The number of nitrogens with zero attached hydrogens (tertiary/aromatic N) is 3. The summed E-state index contributed by atoms with van der Waals surface area (Å²) < 4.78 is 5.17. The van der Waals surface area contributed by atoms with Gasteiger partial charge in [0.25, 0.3) is 0 Å². The van der Waals surface area contributed by atoms with Gasteiger partial charge in [-0.25, -0.2) is 10.5 Å². The van der Waals surface area contributed by atoms with Gasteiger partial charge in [-0.2, -0.15) is 10.1 Å². The Kier molecular flexibility index (Phi) is 6.38. The van der Waals surface area contributed by atoms with E-state index in [0.29, 0.717) is 26.9 Å². The van der Waals surface area contributed by atoms with Crippen LogP contribution in [-0.4, -0.2) is 28.5 Å². The number of aromatic amines is 1. The second-order valence-electron chi connectivity index (χ2n) is 5.15. The molecule has 0 amide bonds. The lowest BCUT2D eigenvalue weighted by Crippen LogP contribution is -1.93. The van der Waals surface area contributed by atoms with Crippen LogP contribution in [0.15, 0.2) is 52.7 Å². The zero-order chi connectivity index (χ0) is 18.4. The van der Waals surface area contributed by atoms with Crippen LogP contribution in [0.25, 0.3) is 0 Å². The van der Waals surface area contributed by atoms with Crippen molar-refractivity contribution in [1.82, 2.24) is 15.2 Å². The Labute approximate surface area is 165 Å². The SMILES string of the molecule is COc1cccc(/C=N\Nc2nc(SCc3ccc(Cl)c(Cl)c3)n[nH]2)c1. The molecule has 26 heavy (non-hydrogen) atoms. The predicted molar refractivity (Wildman–Crippen MR) is 107 cm³/mol. The smallest absolute Gasteiger partial charge is 0.240 e. The summed E-state index contributed by atoms with van der Waals surface area (Å²) in [5.74, 6) is 1.91. The van der Waals surface area contributed by atoms with E-state index in [1.165, 1.54) is 11.8 Å². The molecular formula is C17H15Cl2N5OS. The Morgan fingerprint density at radius 3 is 2.92 bits per heavy atom. The number of anilines is 1. The average Bonchev–Trinajstić information content (AvgIpc) is 3.11. The molecule has 2 aromatic carbocycles. The van der Waals surface area contributed by atoms with E-state index in [9.17, 15) is 0 Å². The summed E-state index contributed by atoms with van der Waals surface area (Å²) in [4.78, 5) is 4.32. The minimum atomic E-state index is 0.459. The molecule has 6 nitrogen and oxygen atoms in total. The minimum absolute atomic E-state index is 0.459. The number of ether oxygens (including phenoxy) is 1. The fourth-order valence-electron chi connectivity index (χ4n) is 2.03.